The van der Waals surface area contributed by atoms with Crippen LogP contribution in [0.4, 0.5) is 0 Å². The molecule has 1 unspecified atom stereocenters. The maximum atomic E-state index is 12.7. The Hall–Kier alpha value is -2.56. The van der Waals surface area contributed by atoms with Crippen LogP contribution in [0.15, 0.2) is 36.4 Å². The molecule has 0 saturated carbocycles. The van der Waals surface area contributed by atoms with Gasteiger partial charge in [-0.1, -0.05) is 24.3 Å². The number of carbonyl (C=O) groups excluding carboxylic acids is 1. The Kier molecular flexibility index (Phi) is 3.48. The highest BCUT2D eigenvalue weighted by molar-refractivity contribution is 5.94. The minimum Gasteiger partial charge on any atom is -0.481 e. The molecule has 1 aromatic carbocycles. The third-order valence-corrected chi connectivity index (χ3v) is 4.37. The molecule has 1 N–H and O–H groups in total. The number of benzene rings is 1. The molecule has 0 aliphatic carbocycles. The molecule has 1 aromatic heterocycles. The van der Waals surface area contributed by atoms with Crippen molar-refractivity contribution < 1.29 is 14.7 Å². The number of carboxylic acid groups (broad SMARTS) is 1. The molecule has 0 saturated heterocycles. The first kappa shape index (κ1) is 14.4. The molecule has 22 heavy (non-hydrogen) atoms. The smallest absolute Gasteiger partial charge is 0.312 e. The molecule has 1 aliphatic heterocycles. The predicted octanol–water partition coefficient (Wildman–Crippen LogP) is 2.16. The van der Waals surface area contributed by atoms with Crippen LogP contribution in [0.3, 0.4) is 0 Å². The molecule has 0 radical (unpaired) electrons. The average molecular weight is 298 g/mol. The van der Waals surface area contributed by atoms with Gasteiger partial charge in [0.15, 0.2) is 0 Å². The van der Waals surface area contributed by atoms with Crippen molar-refractivity contribution in [3.63, 3.8) is 0 Å². The summed E-state index contributed by atoms with van der Waals surface area (Å²) >= 11 is 0. The summed E-state index contributed by atoms with van der Waals surface area (Å²) in [5.74, 6) is -1.69. The first-order chi connectivity index (χ1) is 10.5. The topological polar surface area (TPSA) is 62.5 Å². The Morgan fingerprint density at radius 2 is 1.91 bits per heavy atom. The van der Waals surface area contributed by atoms with Gasteiger partial charge in [-0.15, -0.1) is 0 Å². The van der Waals surface area contributed by atoms with Crippen LogP contribution in [-0.2, 0) is 18.4 Å². The molecule has 2 heterocycles. The third kappa shape index (κ3) is 2.28. The van der Waals surface area contributed by atoms with E-state index in [-0.39, 0.29) is 12.5 Å². The maximum Gasteiger partial charge on any atom is 0.312 e. The fourth-order valence-electron chi connectivity index (χ4n) is 2.96. The zero-order valence-electron chi connectivity index (χ0n) is 12.6. The van der Waals surface area contributed by atoms with Gasteiger partial charge in [0, 0.05) is 25.8 Å². The highest BCUT2D eigenvalue weighted by Gasteiger charge is 2.33. The van der Waals surface area contributed by atoms with E-state index in [0.717, 1.165) is 16.8 Å². The highest BCUT2D eigenvalue weighted by Crippen LogP contribution is 2.29. The molecule has 1 amide bonds. The summed E-state index contributed by atoms with van der Waals surface area (Å²) < 4.78 is 1.83. The average Bonchev–Trinajstić information content (AvgIpc) is 2.85. The van der Waals surface area contributed by atoms with Crippen molar-refractivity contribution in [3.8, 4) is 0 Å². The number of aromatic nitrogens is 1. The second-order valence-electron chi connectivity index (χ2n) is 5.69. The lowest BCUT2D eigenvalue weighted by molar-refractivity contribution is -0.139. The van der Waals surface area contributed by atoms with E-state index in [1.165, 1.54) is 0 Å². The lowest BCUT2D eigenvalue weighted by atomic mass is 9.89. The fourth-order valence-corrected chi connectivity index (χ4v) is 2.96. The molecular weight excluding hydrogens is 280 g/mol. The van der Waals surface area contributed by atoms with Crippen molar-refractivity contribution in [3.05, 3.63) is 58.9 Å². The van der Waals surface area contributed by atoms with Gasteiger partial charge in [-0.2, -0.15) is 0 Å². The van der Waals surface area contributed by atoms with E-state index in [9.17, 15) is 14.7 Å². The predicted molar refractivity (Wildman–Crippen MR) is 81.7 cm³/mol. The second-order valence-corrected chi connectivity index (χ2v) is 5.69. The number of aryl methyl sites for hydroxylation is 1. The summed E-state index contributed by atoms with van der Waals surface area (Å²) in [6.07, 6.45) is 0. The van der Waals surface area contributed by atoms with Crippen LogP contribution in [0.1, 0.15) is 33.2 Å². The Balaban J connectivity index is 1.95. The fraction of sp³-hybridized carbons (Fsp3) is 0.294. The van der Waals surface area contributed by atoms with E-state index in [0.29, 0.717) is 12.2 Å². The van der Waals surface area contributed by atoms with Crippen molar-refractivity contribution in [1.29, 1.82) is 0 Å². The van der Waals surface area contributed by atoms with Crippen LogP contribution in [0.5, 0.6) is 0 Å². The summed E-state index contributed by atoms with van der Waals surface area (Å²) in [5, 5.41) is 9.47. The van der Waals surface area contributed by atoms with E-state index in [2.05, 4.69) is 0 Å². The van der Waals surface area contributed by atoms with Gasteiger partial charge in [0.1, 0.15) is 5.69 Å². The summed E-state index contributed by atoms with van der Waals surface area (Å²) in [6, 6.07) is 11.1. The summed E-state index contributed by atoms with van der Waals surface area (Å²) in [6.45, 7) is 2.58. The van der Waals surface area contributed by atoms with Gasteiger partial charge in [-0.05, 0) is 30.2 Å². The molecule has 0 spiro atoms. The monoisotopic (exact) mass is 298 g/mol. The number of rotatable bonds is 2. The van der Waals surface area contributed by atoms with Crippen molar-refractivity contribution in [2.24, 2.45) is 7.05 Å². The SMILES string of the molecule is Cc1ccc(C(=O)N2Cc3ccccc3C(C(=O)O)C2)n1C. The van der Waals surface area contributed by atoms with Gasteiger partial charge in [0.05, 0.1) is 5.92 Å². The number of hydrogen-bond donors (Lipinski definition) is 1. The van der Waals surface area contributed by atoms with Gasteiger partial charge < -0.3 is 14.6 Å². The Bertz CT molecular complexity index is 748. The molecule has 1 aliphatic rings. The number of aliphatic carboxylic acids is 1. The van der Waals surface area contributed by atoms with E-state index in [4.69, 9.17) is 0 Å². The van der Waals surface area contributed by atoms with Gasteiger partial charge >= 0.3 is 5.97 Å². The number of fused-ring (bicyclic) bond motifs is 1. The molecule has 114 valence electrons. The molecule has 2 aromatic rings. The first-order valence-electron chi connectivity index (χ1n) is 7.21. The van der Waals surface area contributed by atoms with Crippen LogP contribution in [0.2, 0.25) is 0 Å². The highest BCUT2D eigenvalue weighted by atomic mass is 16.4. The van der Waals surface area contributed by atoms with Crippen LogP contribution in [-0.4, -0.2) is 33.0 Å². The van der Waals surface area contributed by atoms with Crippen molar-refractivity contribution in [1.82, 2.24) is 9.47 Å². The van der Waals surface area contributed by atoms with Crippen molar-refractivity contribution >= 4 is 11.9 Å². The van der Waals surface area contributed by atoms with Gasteiger partial charge in [-0.25, -0.2) is 0 Å². The molecule has 5 nitrogen and oxygen atoms in total. The number of amides is 1. The molecule has 3 rings (SSSR count). The number of nitrogens with zero attached hydrogens (tertiary/aromatic N) is 2. The molecule has 0 bridgehead atoms. The Morgan fingerprint density at radius 3 is 2.55 bits per heavy atom. The quantitative estimate of drug-likeness (QED) is 0.924. The van der Waals surface area contributed by atoms with E-state index >= 15 is 0 Å². The van der Waals surface area contributed by atoms with Gasteiger partial charge in [0.2, 0.25) is 0 Å². The summed E-state index contributed by atoms with van der Waals surface area (Å²) in [5.41, 5.74) is 3.29. The van der Waals surface area contributed by atoms with Crippen LogP contribution in [0, 0.1) is 6.92 Å². The largest absolute Gasteiger partial charge is 0.481 e. The zero-order chi connectivity index (χ0) is 15.9. The van der Waals surface area contributed by atoms with Crippen LogP contribution >= 0.6 is 0 Å². The molecule has 5 heteroatoms. The second kappa shape index (κ2) is 5.33. The van der Waals surface area contributed by atoms with Crippen molar-refractivity contribution in [2.45, 2.75) is 19.4 Å². The number of carbonyl (C=O) groups is 2. The minimum atomic E-state index is -0.895. The Labute approximate surface area is 128 Å². The standard InChI is InChI=1S/C17H18N2O3/c1-11-7-8-15(18(11)2)16(20)19-9-12-5-3-4-6-13(12)14(10-19)17(21)22/h3-8,14H,9-10H2,1-2H3,(H,21,22). The van der Waals surface area contributed by atoms with Gasteiger partial charge in [0.25, 0.3) is 5.91 Å². The number of carboxylic acids is 1. The van der Waals surface area contributed by atoms with Gasteiger partial charge in [-0.3, -0.25) is 9.59 Å². The molecule has 1 atom stereocenters. The van der Waals surface area contributed by atoms with Crippen LogP contribution < -0.4 is 0 Å². The number of hydrogen-bond acceptors (Lipinski definition) is 2. The molecular formula is C17H18N2O3. The van der Waals surface area contributed by atoms with E-state index in [1.807, 2.05) is 48.9 Å². The third-order valence-electron chi connectivity index (χ3n) is 4.37. The van der Waals surface area contributed by atoms with Crippen molar-refractivity contribution in [2.75, 3.05) is 6.54 Å². The first-order valence-corrected chi connectivity index (χ1v) is 7.21. The lowest BCUT2D eigenvalue weighted by Crippen LogP contribution is -2.41. The van der Waals surface area contributed by atoms with E-state index < -0.39 is 11.9 Å². The molecule has 0 fully saturated rings. The summed E-state index contributed by atoms with van der Waals surface area (Å²) in [7, 11) is 1.84. The zero-order valence-corrected chi connectivity index (χ0v) is 12.6. The van der Waals surface area contributed by atoms with Crippen LogP contribution in [0.25, 0.3) is 0 Å². The summed E-state index contributed by atoms with van der Waals surface area (Å²) in [4.78, 5) is 25.9. The Morgan fingerprint density at radius 1 is 1.18 bits per heavy atom. The minimum absolute atomic E-state index is 0.128. The maximum absolute atomic E-state index is 12.7. The lowest BCUT2D eigenvalue weighted by Gasteiger charge is -2.32. The normalized spacial score (nSPS) is 17.2. The van der Waals surface area contributed by atoms with E-state index in [1.54, 1.807) is 11.0 Å².